The van der Waals surface area contributed by atoms with Crippen LogP contribution >= 0.6 is 11.6 Å². The van der Waals surface area contributed by atoms with Gasteiger partial charge in [-0.15, -0.1) is 0 Å². The van der Waals surface area contributed by atoms with Crippen molar-refractivity contribution in [2.45, 2.75) is 19.4 Å². The predicted molar refractivity (Wildman–Crippen MR) is 105 cm³/mol. The number of aromatic hydroxyl groups is 1. The van der Waals surface area contributed by atoms with Crippen LogP contribution in [0.3, 0.4) is 0 Å². The van der Waals surface area contributed by atoms with E-state index in [2.05, 4.69) is 15.9 Å². The van der Waals surface area contributed by atoms with E-state index in [1.807, 2.05) is 24.3 Å². The quantitative estimate of drug-likeness (QED) is 0.879. The lowest BCUT2D eigenvalue weighted by atomic mass is 10.0. The molecule has 0 saturated carbocycles. The first-order valence-electron chi connectivity index (χ1n) is 9.38. The van der Waals surface area contributed by atoms with E-state index in [0.717, 1.165) is 42.9 Å². The number of hydrogen-bond acceptors (Lipinski definition) is 4. The molecule has 1 saturated heterocycles. The monoisotopic (exact) mass is 372 g/mol. The first kappa shape index (κ1) is 17.7. The van der Waals surface area contributed by atoms with Crippen molar-refractivity contribution in [1.82, 2.24) is 9.80 Å². The molecule has 1 fully saturated rings. The van der Waals surface area contributed by atoms with Crippen LogP contribution in [0.5, 0.6) is 11.5 Å². The van der Waals surface area contributed by atoms with Crippen molar-refractivity contribution in [2.24, 2.45) is 0 Å². The maximum atomic E-state index is 10.5. The number of benzene rings is 2. The van der Waals surface area contributed by atoms with Gasteiger partial charge in [-0.25, -0.2) is 0 Å². The van der Waals surface area contributed by atoms with Crippen LogP contribution in [0.1, 0.15) is 18.4 Å². The zero-order valence-corrected chi connectivity index (χ0v) is 15.7. The van der Waals surface area contributed by atoms with Crippen LogP contribution in [-0.2, 0) is 6.54 Å². The largest absolute Gasteiger partial charge is 0.504 e. The van der Waals surface area contributed by atoms with Crippen LogP contribution in [0, 0.1) is 0 Å². The molecule has 1 N–H and O–H groups in total. The minimum atomic E-state index is 0.207. The zero-order chi connectivity index (χ0) is 17.9. The molecule has 2 aromatic carbocycles. The maximum absolute atomic E-state index is 10.5. The van der Waals surface area contributed by atoms with Crippen LogP contribution in [-0.4, -0.2) is 54.2 Å². The lowest BCUT2D eigenvalue weighted by molar-refractivity contribution is 0.197. The molecule has 4 rings (SSSR count). The van der Waals surface area contributed by atoms with Crippen LogP contribution in [0.15, 0.2) is 36.4 Å². The van der Waals surface area contributed by atoms with E-state index in [4.69, 9.17) is 16.3 Å². The van der Waals surface area contributed by atoms with Crippen molar-refractivity contribution in [3.05, 3.63) is 47.0 Å². The Labute approximate surface area is 159 Å². The average molecular weight is 373 g/mol. The number of phenolic OH excluding ortho intramolecular Hbond substituents is 1. The van der Waals surface area contributed by atoms with Gasteiger partial charge in [0.05, 0.1) is 0 Å². The van der Waals surface area contributed by atoms with Crippen LogP contribution < -0.4 is 4.74 Å². The number of nitrogens with zero attached hydrogens (tertiary/aromatic N) is 2. The van der Waals surface area contributed by atoms with Gasteiger partial charge in [-0.05, 0) is 61.3 Å². The molecule has 0 aliphatic carbocycles. The molecule has 5 heteroatoms. The Morgan fingerprint density at radius 2 is 1.77 bits per heavy atom. The minimum absolute atomic E-state index is 0.207. The Hall–Kier alpha value is -1.75. The van der Waals surface area contributed by atoms with E-state index in [-0.39, 0.29) is 5.75 Å². The molecule has 4 nitrogen and oxygen atoms in total. The number of hydrogen-bond donors (Lipinski definition) is 1. The Morgan fingerprint density at radius 3 is 2.58 bits per heavy atom. The average Bonchev–Trinajstić information content (AvgIpc) is 3.06. The molecule has 2 heterocycles. The summed E-state index contributed by atoms with van der Waals surface area (Å²) in [6.07, 6.45) is 2.64. The molecule has 26 heavy (non-hydrogen) atoms. The molecule has 0 atom stereocenters. The number of phenols is 1. The number of ether oxygens (including phenoxy) is 1. The van der Waals surface area contributed by atoms with E-state index in [9.17, 15) is 5.11 Å². The second-order valence-electron chi connectivity index (χ2n) is 7.17. The minimum Gasteiger partial charge on any atom is -0.504 e. The fourth-order valence-corrected chi connectivity index (χ4v) is 4.06. The molecule has 2 aliphatic heterocycles. The zero-order valence-electron chi connectivity index (χ0n) is 15.0. The Morgan fingerprint density at radius 1 is 0.962 bits per heavy atom. The predicted octanol–water partition coefficient (Wildman–Crippen LogP) is 4.00. The van der Waals surface area contributed by atoms with Gasteiger partial charge >= 0.3 is 0 Å². The van der Waals surface area contributed by atoms with Crippen LogP contribution in [0.25, 0.3) is 11.1 Å². The van der Waals surface area contributed by atoms with E-state index in [1.165, 1.54) is 25.9 Å². The van der Waals surface area contributed by atoms with Gasteiger partial charge in [0.2, 0.25) is 0 Å². The van der Waals surface area contributed by atoms with E-state index < -0.39 is 0 Å². The maximum Gasteiger partial charge on any atom is 0.165 e. The molecular weight excluding hydrogens is 348 g/mol. The summed E-state index contributed by atoms with van der Waals surface area (Å²) < 4.78 is 5.86. The van der Waals surface area contributed by atoms with Gasteiger partial charge in [0.25, 0.3) is 0 Å². The third-order valence-electron chi connectivity index (χ3n) is 5.28. The molecule has 0 amide bonds. The summed E-state index contributed by atoms with van der Waals surface area (Å²) in [5.41, 5.74) is 3.01. The standard InChI is InChI=1S/C21H25ClN2O2/c22-19-5-3-4-16(13-19)17-12-18-15-24(9-8-23-6-1-2-7-23)10-11-26-21(18)20(25)14-17/h3-5,12-14,25H,1-2,6-11,15H2. The lowest BCUT2D eigenvalue weighted by Crippen LogP contribution is -2.34. The Kier molecular flexibility index (Phi) is 5.34. The Bertz CT molecular complexity index is 775. The fourth-order valence-electron chi connectivity index (χ4n) is 3.87. The fraction of sp³-hybridized carbons (Fsp3) is 0.429. The highest BCUT2D eigenvalue weighted by Gasteiger charge is 2.21. The van der Waals surface area contributed by atoms with Crippen molar-refractivity contribution >= 4 is 11.6 Å². The molecular formula is C21H25ClN2O2. The van der Waals surface area contributed by atoms with Gasteiger partial charge < -0.3 is 14.7 Å². The first-order chi connectivity index (χ1) is 12.7. The smallest absolute Gasteiger partial charge is 0.165 e. The van der Waals surface area contributed by atoms with Crippen LogP contribution in [0.4, 0.5) is 0 Å². The highest BCUT2D eigenvalue weighted by Crippen LogP contribution is 2.38. The van der Waals surface area contributed by atoms with Gasteiger partial charge in [0, 0.05) is 36.8 Å². The summed E-state index contributed by atoms with van der Waals surface area (Å²) in [6.45, 7) is 6.87. The first-order valence-corrected chi connectivity index (χ1v) is 9.76. The van der Waals surface area contributed by atoms with E-state index in [0.29, 0.717) is 17.4 Å². The lowest BCUT2D eigenvalue weighted by Gasteiger charge is -2.23. The molecule has 2 aliphatic rings. The molecule has 0 aromatic heterocycles. The SMILES string of the molecule is Oc1cc(-c2cccc(Cl)c2)cc2c1OCCN(CCN1CCCC1)C2. The summed E-state index contributed by atoms with van der Waals surface area (Å²) in [5.74, 6) is 0.832. The summed E-state index contributed by atoms with van der Waals surface area (Å²) in [6, 6.07) is 11.6. The van der Waals surface area contributed by atoms with Crippen molar-refractivity contribution in [3.8, 4) is 22.6 Å². The summed E-state index contributed by atoms with van der Waals surface area (Å²) in [5, 5.41) is 11.2. The number of halogens is 1. The van der Waals surface area contributed by atoms with E-state index >= 15 is 0 Å². The number of likely N-dealkylation sites (tertiary alicyclic amines) is 1. The third kappa shape index (κ3) is 3.98. The topological polar surface area (TPSA) is 35.9 Å². The van der Waals surface area contributed by atoms with Crippen molar-refractivity contribution < 1.29 is 9.84 Å². The Balaban J connectivity index is 1.55. The normalized spacial score (nSPS) is 18.3. The van der Waals surface area contributed by atoms with E-state index in [1.54, 1.807) is 6.07 Å². The molecule has 0 spiro atoms. The molecule has 0 bridgehead atoms. The van der Waals surface area contributed by atoms with Gasteiger partial charge in [-0.3, -0.25) is 4.90 Å². The molecule has 0 radical (unpaired) electrons. The summed E-state index contributed by atoms with van der Waals surface area (Å²) in [4.78, 5) is 4.96. The van der Waals surface area contributed by atoms with Gasteiger partial charge in [-0.1, -0.05) is 23.7 Å². The molecule has 138 valence electrons. The molecule has 2 aromatic rings. The third-order valence-corrected chi connectivity index (χ3v) is 5.52. The van der Waals surface area contributed by atoms with Crippen molar-refractivity contribution in [2.75, 3.05) is 39.3 Å². The number of fused-ring (bicyclic) bond motifs is 1. The summed E-state index contributed by atoms with van der Waals surface area (Å²) in [7, 11) is 0. The van der Waals surface area contributed by atoms with Crippen molar-refractivity contribution in [1.29, 1.82) is 0 Å². The van der Waals surface area contributed by atoms with Crippen LogP contribution in [0.2, 0.25) is 5.02 Å². The molecule has 0 unspecified atom stereocenters. The highest BCUT2D eigenvalue weighted by atomic mass is 35.5. The van der Waals surface area contributed by atoms with Gasteiger partial charge in [0.1, 0.15) is 6.61 Å². The second kappa shape index (κ2) is 7.87. The number of rotatable bonds is 4. The van der Waals surface area contributed by atoms with Crippen molar-refractivity contribution in [3.63, 3.8) is 0 Å². The van der Waals surface area contributed by atoms with Gasteiger partial charge in [0.15, 0.2) is 11.5 Å². The van der Waals surface area contributed by atoms with Gasteiger partial charge in [-0.2, -0.15) is 0 Å². The summed E-state index contributed by atoms with van der Waals surface area (Å²) >= 11 is 6.13. The second-order valence-corrected chi connectivity index (χ2v) is 7.60. The highest BCUT2D eigenvalue weighted by molar-refractivity contribution is 6.30.